The standard InChI is InChI=1S/C11H22O6/c1-2-3-4-5-16-11-10(15)9(14)8(13)7(6-12)17-11/h7-15H,2-6H2,1H3/t7?,8-,9?,10+,11-/m1/s1. The summed E-state index contributed by atoms with van der Waals surface area (Å²) in [5.41, 5.74) is 0. The maximum Gasteiger partial charge on any atom is 0.186 e. The van der Waals surface area contributed by atoms with Crippen molar-refractivity contribution in [2.75, 3.05) is 13.2 Å². The Morgan fingerprint density at radius 1 is 1.06 bits per heavy atom. The van der Waals surface area contributed by atoms with Crippen LogP contribution in [0.2, 0.25) is 0 Å². The summed E-state index contributed by atoms with van der Waals surface area (Å²) in [5.74, 6) is 0. The van der Waals surface area contributed by atoms with Gasteiger partial charge in [0.1, 0.15) is 24.4 Å². The summed E-state index contributed by atoms with van der Waals surface area (Å²) in [4.78, 5) is 0. The van der Waals surface area contributed by atoms with Crippen LogP contribution in [0.25, 0.3) is 0 Å². The minimum absolute atomic E-state index is 0.413. The van der Waals surface area contributed by atoms with Gasteiger partial charge >= 0.3 is 0 Å². The Kier molecular flexibility index (Phi) is 6.32. The van der Waals surface area contributed by atoms with Crippen LogP contribution in [0.5, 0.6) is 0 Å². The molecule has 4 N–H and O–H groups in total. The Labute approximate surface area is 101 Å². The van der Waals surface area contributed by atoms with Crippen molar-refractivity contribution in [2.24, 2.45) is 0 Å². The third-order valence-corrected chi connectivity index (χ3v) is 2.88. The molecule has 1 heterocycles. The van der Waals surface area contributed by atoms with Gasteiger partial charge in [-0.3, -0.25) is 0 Å². The van der Waals surface area contributed by atoms with E-state index in [9.17, 15) is 15.3 Å². The van der Waals surface area contributed by atoms with Gasteiger partial charge in [0.15, 0.2) is 6.29 Å². The molecule has 1 fully saturated rings. The Morgan fingerprint density at radius 3 is 2.35 bits per heavy atom. The lowest BCUT2D eigenvalue weighted by Gasteiger charge is -2.39. The van der Waals surface area contributed by atoms with Gasteiger partial charge in [0.2, 0.25) is 0 Å². The molecule has 0 amide bonds. The van der Waals surface area contributed by atoms with Crippen molar-refractivity contribution in [3.05, 3.63) is 0 Å². The second-order valence-corrected chi connectivity index (χ2v) is 4.28. The first-order chi connectivity index (χ1) is 8.11. The second-order valence-electron chi connectivity index (χ2n) is 4.28. The minimum atomic E-state index is -1.36. The van der Waals surface area contributed by atoms with Gasteiger partial charge in [-0.1, -0.05) is 19.8 Å². The lowest BCUT2D eigenvalue weighted by Crippen LogP contribution is -2.59. The number of aliphatic hydroxyl groups excluding tert-OH is 4. The van der Waals surface area contributed by atoms with E-state index in [-0.39, 0.29) is 0 Å². The van der Waals surface area contributed by atoms with Crippen LogP contribution in [-0.2, 0) is 9.47 Å². The quantitative estimate of drug-likeness (QED) is 0.451. The number of hydrogen-bond donors (Lipinski definition) is 4. The smallest absolute Gasteiger partial charge is 0.186 e. The summed E-state index contributed by atoms with van der Waals surface area (Å²) >= 11 is 0. The first-order valence-corrected chi connectivity index (χ1v) is 6.04. The summed E-state index contributed by atoms with van der Waals surface area (Å²) < 4.78 is 10.5. The first kappa shape index (κ1) is 14.8. The first-order valence-electron chi connectivity index (χ1n) is 6.04. The molecule has 0 aliphatic carbocycles. The van der Waals surface area contributed by atoms with Crippen molar-refractivity contribution in [1.82, 2.24) is 0 Å². The largest absolute Gasteiger partial charge is 0.394 e. The Hall–Kier alpha value is -0.240. The van der Waals surface area contributed by atoms with Gasteiger partial charge in [-0.2, -0.15) is 0 Å². The van der Waals surface area contributed by atoms with Crippen molar-refractivity contribution in [3.8, 4) is 0 Å². The number of hydrogen-bond acceptors (Lipinski definition) is 6. The third-order valence-electron chi connectivity index (χ3n) is 2.88. The molecule has 6 heteroatoms. The van der Waals surface area contributed by atoms with Crippen LogP contribution >= 0.6 is 0 Å². The van der Waals surface area contributed by atoms with Crippen LogP contribution in [0.4, 0.5) is 0 Å². The molecule has 1 saturated heterocycles. The van der Waals surface area contributed by atoms with Crippen LogP contribution in [-0.4, -0.2) is 64.3 Å². The van der Waals surface area contributed by atoms with E-state index in [1.54, 1.807) is 0 Å². The van der Waals surface area contributed by atoms with E-state index < -0.39 is 37.3 Å². The molecule has 6 nitrogen and oxygen atoms in total. The van der Waals surface area contributed by atoms with Crippen molar-refractivity contribution in [2.45, 2.75) is 56.9 Å². The zero-order valence-corrected chi connectivity index (χ0v) is 10.0. The maximum absolute atomic E-state index is 9.64. The molecule has 0 aromatic carbocycles. The molecule has 0 spiro atoms. The monoisotopic (exact) mass is 250 g/mol. The zero-order chi connectivity index (χ0) is 12.8. The van der Waals surface area contributed by atoms with E-state index in [2.05, 4.69) is 6.92 Å². The van der Waals surface area contributed by atoms with Crippen molar-refractivity contribution >= 4 is 0 Å². The van der Waals surface area contributed by atoms with Crippen LogP contribution in [0, 0.1) is 0 Å². The highest BCUT2D eigenvalue weighted by atomic mass is 16.7. The van der Waals surface area contributed by atoms with Crippen LogP contribution in [0.1, 0.15) is 26.2 Å². The predicted molar refractivity (Wildman–Crippen MR) is 59.2 cm³/mol. The lowest BCUT2D eigenvalue weighted by molar-refractivity contribution is -0.301. The van der Waals surface area contributed by atoms with E-state index in [4.69, 9.17) is 14.6 Å². The fourth-order valence-electron chi connectivity index (χ4n) is 1.76. The molecule has 0 aromatic rings. The molecule has 0 saturated carbocycles. The van der Waals surface area contributed by atoms with Gasteiger partial charge in [0.05, 0.1) is 6.61 Å². The van der Waals surface area contributed by atoms with Crippen molar-refractivity contribution < 1.29 is 29.9 Å². The molecule has 102 valence electrons. The summed E-state index contributed by atoms with van der Waals surface area (Å²) in [7, 11) is 0. The van der Waals surface area contributed by atoms with E-state index in [1.165, 1.54) is 0 Å². The Morgan fingerprint density at radius 2 is 1.76 bits per heavy atom. The predicted octanol–water partition coefficient (Wildman–Crippen LogP) is -1.01. The summed E-state index contributed by atoms with van der Waals surface area (Å²) in [6.45, 7) is 2.05. The molecular weight excluding hydrogens is 228 g/mol. The molecule has 5 atom stereocenters. The SMILES string of the molecule is CCCCCO[C@@H]1OC(CO)[C@@H](O)C(O)[C@@H]1O. The highest BCUT2D eigenvalue weighted by Gasteiger charge is 2.43. The van der Waals surface area contributed by atoms with E-state index in [1.807, 2.05) is 0 Å². The summed E-state index contributed by atoms with van der Waals surface area (Å²) in [6.07, 6.45) is -2.98. The molecule has 0 aromatic heterocycles. The number of ether oxygens (including phenoxy) is 2. The summed E-state index contributed by atoms with van der Waals surface area (Å²) in [5, 5.41) is 37.6. The fourth-order valence-corrected chi connectivity index (χ4v) is 1.76. The Balaban J connectivity index is 2.42. The van der Waals surface area contributed by atoms with Crippen molar-refractivity contribution in [1.29, 1.82) is 0 Å². The highest BCUT2D eigenvalue weighted by Crippen LogP contribution is 2.22. The molecule has 1 rings (SSSR count). The summed E-state index contributed by atoms with van der Waals surface area (Å²) in [6, 6.07) is 0. The van der Waals surface area contributed by atoms with Gasteiger partial charge < -0.3 is 29.9 Å². The van der Waals surface area contributed by atoms with Gasteiger partial charge in [-0.25, -0.2) is 0 Å². The fraction of sp³-hybridized carbons (Fsp3) is 1.00. The van der Waals surface area contributed by atoms with Crippen LogP contribution < -0.4 is 0 Å². The van der Waals surface area contributed by atoms with Crippen LogP contribution in [0.3, 0.4) is 0 Å². The lowest BCUT2D eigenvalue weighted by atomic mass is 9.99. The molecule has 0 bridgehead atoms. The number of unbranched alkanes of at least 4 members (excludes halogenated alkanes) is 2. The van der Waals surface area contributed by atoms with E-state index in [0.29, 0.717) is 6.61 Å². The van der Waals surface area contributed by atoms with Gasteiger partial charge in [0, 0.05) is 6.61 Å². The molecule has 17 heavy (non-hydrogen) atoms. The maximum atomic E-state index is 9.64. The van der Waals surface area contributed by atoms with Gasteiger partial charge in [0.25, 0.3) is 0 Å². The molecule has 1 aliphatic heterocycles. The normalized spacial score (nSPS) is 38.3. The van der Waals surface area contributed by atoms with Crippen LogP contribution in [0.15, 0.2) is 0 Å². The Bertz CT molecular complexity index is 210. The third kappa shape index (κ3) is 3.87. The topological polar surface area (TPSA) is 99.4 Å². The van der Waals surface area contributed by atoms with E-state index >= 15 is 0 Å². The molecule has 0 radical (unpaired) electrons. The highest BCUT2D eigenvalue weighted by molar-refractivity contribution is 4.88. The molecule has 1 aliphatic rings. The number of rotatable bonds is 6. The van der Waals surface area contributed by atoms with Gasteiger partial charge in [-0.15, -0.1) is 0 Å². The molecular formula is C11H22O6. The zero-order valence-electron chi connectivity index (χ0n) is 10.0. The average Bonchev–Trinajstić information content (AvgIpc) is 2.34. The molecule has 2 unspecified atom stereocenters. The second kappa shape index (κ2) is 7.25. The average molecular weight is 250 g/mol. The number of aliphatic hydroxyl groups is 4. The van der Waals surface area contributed by atoms with E-state index in [0.717, 1.165) is 19.3 Å². The van der Waals surface area contributed by atoms with Crippen molar-refractivity contribution in [3.63, 3.8) is 0 Å². The minimum Gasteiger partial charge on any atom is -0.394 e. The van der Waals surface area contributed by atoms with Gasteiger partial charge in [-0.05, 0) is 6.42 Å².